The Kier molecular flexibility index (Phi) is 7.20. The Morgan fingerprint density at radius 1 is 0.811 bits per heavy atom. The summed E-state index contributed by atoms with van der Waals surface area (Å²) in [5.41, 5.74) is 3.79. The van der Waals surface area contributed by atoms with Crippen LogP contribution in [-0.4, -0.2) is 27.1 Å². The summed E-state index contributed by atoms with van der Waals surface area (Å²) in [5.74, 6) is -0.557. The molecule has 5 rings (SSSR count). The van der Waals surface area contributed by atoms with Gasteiger partial charge >= 0.3 is 0 Å². The second-order valence-corrected chi connectivity index (χ2v) is 11.4. The second kappa shape index (κ2) is 10.7. The first-order valence-corrected chi connectivity index (χ1v) is 14.0. The number of anilines is 1. The van der Waals surface area contributed by atoms with Gasteiger partial charge in [-0.25, -0.2) is 13.8 Å². The summed E-state index contributed by atoms with van der Waals surface area (Å²) in [4.78, 5) is 13.1. The van der Waals surface area contributed by atoms with Crippen molar-refractivity contribution < 1.29 is 13.2 Å². The molecule has 0 fully saturated rings. The Labute approximate surface area is 228 Å². The SMILES string of the molecule is O=C(CN(c1ccc(I)cc1)S(=O)(=O)c1ccccc1)N/N=C\c1c2ccccc2cc2ccccc12. The average molecular weight is 619 g/mol. The van der Waals surface area contributed by atoms with Gasteiger partial charge in [-0.2, -0.15) is 5.10 Å². The first-order chi connectivity index (χ1) is 17.9. The van der Waals surface area contributed by atoms with Gasteiger partial charge in [0.05, 0.1) is 16.8 Å². The smallest absolute Gasteiger partial charge is 0.264 e. The number of halogens is 1. The molecular formula is C29H22IN3O3S. The Bertz CT molecular complexity index is 1670. The van der Waals surface area contributed by atoms with Gasteiger partial charge in [-0.05, 0) is 86.6 Å². The molecule has 0 aliphatic carbocycles. The van der Waals surface area contributed by atoms with E-state index in [9.17, 15) is 13.2 Å². The number of rotatable bonds is 7. The summed E-state index contributed by atoms with van der Waals surface area (Å²) >= 11 is 2.15. The number of carbonyl (C=O) groups is 1. The van der Waals surface area contributed by atoms with Gasteiger partial charge in [-0.1, -0.05) is 66.7 Å². The molecule has 6 nitrogen and oxygen atoms in total. The maximum absolute atomic E-state index is 13.4. The fourth-order valence-corrected chi connectivity index (χ4v) is 5.97. The minimum atomic E-state index is -3.98. The third kappa shape index (κ3) is 5.35. The molecule has 0 saturated heterocycles. The summed E-state index contributed by atoms with van der Waals surface area (Å²) in [5, 5.41) is 8.35. The van der Waals surface area contributed by atoms with Gasteiger partial charge in [0, 0.05) is 9.13 Å². The molecule has 0 bridgehead atoms. The maximum atomic E-state index is 13.4. The fraction of sp³-hybridized carbons (Fsp3) is 0.0345. The zero-order valence-corrected chi connectivity index (χ0v) is 22.6. The Morgan fingerprint density at radius 2 is 1.38 bits per heavy atom. The Balaban J connectivity index is 1.44. The molecule has 1 N–H and O–H groups in total. The monoisotopic (exact) mass is 619 g/mol. The van der Waals surface area contributed by atoms with Crippen LogP contribution in [0, 0.1) is 3.57 Å². The highest BCUT2D eigenvalue weighted by molar-refractivity contribution is 14.1. The van der Waals surface area contributed by atoms with Gasteiger partial charge < -0.3 is 0 Å². The van der Waals surface area contributed by atoms with Crippen molar-refractivity contribution in [2.75, 3.05) is 10.8 Å². The maximum Gasteiger partial charge on any atom is 0.264 e. The number of nitrogens with one attached hydrogen (secondary N) is 1. The van der Waals surface area contributed by atoms with Crippen LogP contribution in [0.3, 0.4) is 0 Å². The van der Waals surface area contributed by atoms with Crippen LogP contribution in [0.25, 0.3) is 21.5 Å². The van der Waals surface area contributed by atoms with Crippen molar-refractivity contribution >= 4 is 72.0 Å². The molecule has 0 aliphatic heterocycles. The lowest BCUT2D eigenvalue weighted by Crippen LogP contribution is -2.39. The molecule has 0 unspecified atom stereocenters. The first kappa shape index (κ1) is 24.9. The summed E-state index contributed by atoms with van der Waals surface area (Å²) in [6.45, 7) is -0.425. The van der Waals surface area contributed by atoms with Crippen molar-refractivity contribution in [3.63, 3.8) is 0 Å². The van der Waals surface area contributed by atoms with E-state index in [1.165, 1.54) is 12.1 Å². The Hall–Kier alpha value is -3.76. The van der Waals surface area contributed by atoms with Gasteiger partial charge in [-0.15, -0.1) is 0 Å². The van der Waals surface area contributed by atoms with E-state index in [-0.39, 0.29) is 4.90 Å². The molecule has 0 aliphatic rings. The van der Waals surface area contributed by atoms with E-state index in [1.54, 1.807) is 48.7 Å². The largest absolute Gasteiger partial charge is 0.271 e. The van der Waals surface area contributed by atoms with Crippen LogP contribution in [0.1, 0.15) is 5.56 Å². The van der Waals surface area contributed by atoms with Crippen molar-refractivity contribution in [1.82, 2.24) is 5.43 Å². The molecule has 0 atom stereocenters. The quantitative estimate of drug-likeness (QED) is 0.106. The molecule has 0 aromatic heterocycles. The topological polar surface area (TPSA) is 78.8 Å². The third-order valence-corrected chi connectivity index (χ3v) is 8.44. The van der Waals surface area contributed by atoms with Crippen LogP contribution in [-0.2, 0) is 14.8 Å². The molecule has 37 heavy (non-hydrogen) atoms. The van der Waals surface area contributed by atoms with Gasteiger partial charge in [0.2, 0.25) is 0 Å². The summed E-state index contributed by atoms with van der Waals surface area (Å²) in [7, 11) is -3.98. The van der Waals surface area contributed by atoms with Gasteiger partial charge in [0.1, 0.15) is 6.54 Å². The minimum absolute atomic E-state index is 0.104. The lowest BCUT2D eigenvalue weighted by atomic mass is 9.97. The van der Waals surface area contributed by atoms with Gasteiger partial charge in [0.25, 0.3) is 15.9 Å². The van der Waals surface area contributed by atoms with E-state index in [0.29, 0.717) is 5.69 Å². The van der Waals surface area contributed by atoms with Crippen LogP contribution >= 0.6 is 22.6 Å². The molecule has 1 amide bonds. The lowest BCUT2D eigenvalue weighted by molar-refractivity contribution is -0.119. The zero-order chi connectivity index (χ0) is 25.8. The van der Waals surface area contributed by atoms with Crippen molar-refractivity contribution in [2.45, 2.75) is 4.90 Å². The number of carbonyl (C=O) groups excluding carboxylic acids is 1. The van der Waals surface area contributed by atoms with E-state index in [1.807, 2.05) is 48.5 Å². The number of nitrogens with zero attached hydrogens (tertiary/aromatic N) is 2. The predicted molar refractivity (Wildman–Crippen MR) is 157 cm³/mol. The lowest BCUT2D eigenvalue weighted by Gasteiger charge is -2.23. The average Bonchev–Trinajstić information content (AvgIpc) is 2.92. The molecule has 0 saturated carbocycles. The van der Waals surface area contributed by atoms with Crippen molar-refractivity contribution in [3.05, 3.63) is 118 Å². The Morgan fingerprint density at radius 3 is 2.00 bits per heavy atom. The summed E-state index contributed by atoms with van der Waals surface area (Å²) < 4.78 is 28.9. The zero-order valence-electron chi connectivity index (χ0n) is 19.6. The molecule has 5 aromatic carbocycles. The number of hydrogen-bond acceptors (Lipinski definition) is 4. The summed E-state index contributed by atoms with van der Waals surface area (Å²) in [6, 6.07) is 33.1. The van der Waals surface area contributed by atoms with E-state index in [0.717, 1.165) is 35.0 Å². The summed E-state index contributed by atoms with van der Waals surface area (Å²) in [6.07, 6.45) is 1.61. The van der Waals surface area contributed by atoms with Crippen LogP contribution in [0.5, 0.6) is 0 Å². The van der Waals surface area contributed by atoms with Crippen molar-refractivity contribution in [3.8, 4) is 0 Å². The minimum Gasteiger partial charge on any atom is -0.271 e. The van der Waals surface area contributed by atoms with E-state index < -0.39 is 22.5 Å². The van der Waals surface area contributed by atoms with Gasteiger partial charge in [-0.3, -0.25) is 9.10 Å². The third-order valence-electron chi connectivity index (χ3n) is 5.93. The first-order valence-electron chi connectivity index (χ1n) is 11.5. The van der Waals surface area contributed by atoms with Crippen LogP contribution in [0.15, 0.2) is 119 Å². The molecular weight excluding hydrogens is 597 g/mol. The van der Waals surface area contributed by atoms with Crippen molar-refractivity contribution in [1.29, 1.82) is 0 Å². The van der Waals surface area contributed by atoms with E-state index in [2.05, 4.69) is 39.2 Å². The molecule has 0 spiro atoms. The number of hydrogen-bond donors (Lipinski definition) is 1. The molecule has 0 heterocycles. The normalized spacial score (nSPS) is 11.7. The fourth-order valence-electron chi connectivity index (χ4n) is 4.16. The van der Waals surface area contributed by atoms with Crippen LogP contribution < -0.4 is 9.73 Å². The van der Waals surface area contributed by atoms with E-state index >= 15 is 0 Å². The molecule has 5 aromatic rings. The van der Waals surface area contributed by atoms with Gasteiger partial charge in [0.15, 0.2) is 0 Å². The number of amides is 1. The van der Waals surface area contributed by atoms with Crippen LogP contribution in [0.2, 0.25) is 0 Å². The number of sulfonamides is 1. The molecule has 0 radical (unpaired) electrons. The molecule has 8 heteroatoms. The van der Waals surface area contributed by atoms with Crippen molar-refractivity contribution in [2.24, 2.45) is 5.10 Å². The van der Waals surface area contributed by atoms with E-state index in [4.69, 9.17) is 0 Å². The predicted octanol–water partition coefficient (Wildman–Crippen LogP) is 5.94. The highest BCUT2D eigenvalue weighted by Gasteiger charge is 2.27. The second-order valence-electron chi connectivity index (χ2n) is 8.33. The van der Waals surface area contributed by atoms with Crippen LogP contribution in [0.4, 0.5) is 5.69 Å². The highest BCUT2D eigenvalue weighted by atomic mass is 127. The standard InChI is InChI=1S/C29H22IN3O3S/c30-23-14-16-24(17-15-23)33(37(35,36)25-10-2-1-3-11-25)20-29(34)32-31-19-28-26-12-6-4-8-21(26)18-22-9-5-7-13-27(22)28/h1-19H,20H2,(H,32,34)/b31-19-. The number of fused-ring (bicyclic) bond motifs is 2. The highest BCUT2D eigenvalue weighted by Crippen LogP contribution is 2.27. The molecule has 184 valence electrons. The number of benzene rings is 5. The number of hydrazone groups is 1.